The minimum atomic E-state index is -2.81. The van der Waals surface area contributed by atoms with Crippen molar-refractivity contribution in [1.82, 2.24) is 0 Å². The van der Waals surface area contributed by atoms with Crippen LogP contribution in [0.15, 0.2) is 16.6 Å². The monoisotopic (exact) mass is 242 g/mol. The molecule has 0 spiro atoms. The summed E-state index contributed by atoms with van der Waals surface area (Å²) >= 11 is 2.54. The van der Waals surface area contributed by atoms with Crippen LogP contribution in [0.1, 0.15) is 12.0 Å². The van der Waals surface area contributed by atoms with Gasteiger partial charge >= 0.3 is 0 Å². The third-order valence-electron chi connectivity index (χ3n) is 1.30. The summed E-state index contributed by atoms with van der Waals surface area (Å²) in [6.45, 7) is 0. The van der Waals surface area contributed by atoms with Crippen molar-refractivity contribution >= 4 is 15.9 Å². The zero-order valence-electron chi connectivity index (χ0n) is 5.62. The van der Waals surface area contributed by atoms with Crippen LogP contribution < -0.4 is 0 Å². The molecular weight excluding hydrogens is 240 g/mol. The van der Waals surface area contributed by atoms with Crippen molar-refractivity contribution in [2.45, 2.75) is 6.43 Å². The van der Waals surface area contributed by atoms with Gasteiger partial charge in [0.2, 0.25) is 0 Å². The molecule has 0 amide bonds. The summed E-state index contributed by atoms with van der Waals surface area (Å²) in [6.07, 6.45) is -2.81. The first-order chi connectivity index (χ1) is 5.54. The van der Waals surface area contributed by atoms with E-state index in [4.69, 9.17) is 0 Å². The molecule has 0 fully saturated rings. The van der Waals surface area contributed by atoms with E-state index in [1.165, 1.54) is 0 Å². The zero-order chi connectivity index (χ0) is 9.30. The molecule has 0 N–H and O–H groups in total. The standard InChI is InChI=1S/C7H3BrF4/c8-5-3(7(11)12)1-2-4(9)6(5)10/h1-2,7H. The van der Waals surface area contributed by atoms with Gasteiger partial charge in [0.15, 0.2) is 11.6 Å². The molecule has 12 heavy (non-hydrogen) atoms. The third kappa shape index (κ3) is 1.60. The number of hydrogen-bond acceptors (Lipinski definition) is 0. The Hall–Kier alpha value is -0.580. The van der Waals surface area contributed by atoms with E-state index in [1.54, 1.807) is 0 Å². The van der Waals surface area contributed by atoms with Crippen LogP contribution in [0, 0.1) is 11.6 Å². The number of benzene rings is 1. The Morgan fingerprint density at radius 1 is 1.17 bits per heavy atom. The van der Waals surface area contributed by atoms with Crippen LogP contribution in [-0.2, 0) is 0 Å². The van der Waals surface area contributed by atoms with Crippen LogP contribution in [-0.4, -0.2) is 0 Å². The molecule has 0 aliphatic carbocycles. The highest BCUT2D eigenvalue weighted by Gasteiger charge is 2.17. The molecule has 1 aromatic rings. The van der Waals surface area contributed by atoms with Crippen molar-refractivity contribution in [3.05, 3.63) is 33.8 Å². The molecule has 5 heteroatoms. The molecule has 0 radical (unpaired) electrons. The summed E-state index contributed by atoms with van der Waals surface area (Å²) in [7, 11) is 0. The van der Waals surface area contributed by atoms with Crippen LogP contribution in [0.4, 0.5) is 17.6 Å². The van der Waals surface area contributed by atoms with Gasteiger partial charge in [0, 0.05) is 5.56 Å². The van der Waals surface area contributed by atoms with Gasteiger partial charge in [-0.1, -0.05) is 0 Å². The van der Waals surface area contributed by atoms with E-state index in [0.29, 0.717) is 6.07 Å². The van der Waals surface area contributed by atoms with Gasteiger partial charge in [-0.3, -0.25) is 0 Å². The summed E-state index contributed by atoms with van der Waals surface area (Å²) < 4.78 is 48.5. The van der Waals surface area contributed by atoms with Crippen molar-refractivity contribution in [3.63, 3.8) is 0 Å². The Bertz CT molecular complexity index is 298. The largest absolute Gasteiger partial charge is 0.265 e. The van der Waals surface area contributed by atoms with E-state index in [1.807, 2.05) is 0 Å². The number of hydrogen-bond donors (Lipinski definition) is 0. The number of halogens is 5. The van der Waals surface area contributed by atoms with Crippen molar-refractivity contribution in [1.29, 1.82) is 0 Å². The highest BCUT2D eigenvalue weighted by Crippen LogP contribution is 2.30. The molecule has 66 valence electrons. The summed E-state index contributed by atoms with van der Waals surface area (Å²) in [5.74, 6) is -2.43. The van der Waals surface area contributed by atoms with Crippen LogP contribution in [0.5, 0.6) is 0 Å². The van der Waals surface area contributed by atoms with E-state index in [-0.39, 0.29) is 0 Å². The average Bonchev–Trinajstić information content (AvgIpc) is 2.00. The molecule has 0 aromatic heterocycles. The quantitative estimate of drug-likeness (QED) is 0.521. The van der Waals surface area contributed by atoms with E-state index >= 15 is 0 Å². The molecule has 1 rings (SSSR count). The van der Waals surface area contributed by atoms with Crippen molar-refractivity contribution < 1.29 is 17.6 Å². The lowest BCUT2D eigenvalue weighted by Crippen LogP contribution is -1.92. The van der Waals surface area contributed by atoms with Crippen molar-refractivity contribution in [2.24, 2.45) is 0 Å². The fraction of sp³-hybridized carbons (Fsp3) is 0.143. The fourth-order valence-corrected chi connectivity index (χ4v) is 1.20. The molecule has 0 unspecified atom stereocenters. The first kappa shape index (κ1) is 9.51. The van der Waals surface area contributed by atoms with E-state index in [2.05, 4.69) is 15.9 Å². The van der Waals surface area contributed by atoms with Gasteiger partial charge in [-0.25, -0.2) is 17.6 Å². The lowest BCUT2D eigenvalue weighted by atomic mass is 10.2. The van der Waals surface area contributed by atoms with Gasteiger partial charge in [-0.05, 0) is 28.1 Å². The second-order valence-corrected chi connectivity index (χ2v) is 2.86. The van der Waals surface area contributed by atoms with Crippen molar-refractivity contribution in [3.8, 4) is 0 Å². The maximum absolute atomic E-state index is 12.6. The molecule has 0 bridgehead atoms. The first-order valence-corrected chi connectivity index (χ1v) is 3.75. The van der Waals surface area contributed by atoms with Gasteiger partial charge in [0.05, 0.1) is 4.47 Å². The van der Waals surface area contributed by atoms with E-state index in [9.17, 15) is 17.6 Å². The van der Waals surface area contributed by atoms with Gasteiger partial charge in [-0.15, -0.1) is 0 Å². The first-order valence-electron chi connectivity index (χ1n) is 2.95. The summed E-state index contributed by atoms with van der Waals surface area (Å²) in [6, 6.07) is 1.51. The summed E-state index contributed by atoms with van der Waals surface area (Å²) in [5, 5.41) is 0. The molecule has 0 aliphatic rings. The Kier molecular flexibility index (Phi) is 2.72. The van der Waals surface area contributed by atoms with Crippen LogP contribution >= 0.6 is 15.9 Å². The SMILES string of the molecule is Fc1ccc(C(F)F)c(Br)c1F. The topological polar surface area (TPSA) is 0 Å². The Labute approximate surface area is 74.3 Å². The normalized spacial score (nSPS) is 10.8. The van der Waals surface area contributed by atoms with Crippen molar-refractivity contribution in [2.75, 3.05) is 0 Å². The highest BCUT2D eigenvalue weighted by atomic mass is 79.9. The number of rotatable bonds is 1. The van der Waals surface area contributed by atoms with Gasteiger partial charge < -0.3 is 0 Å². The molecule has 0 aliphatic heterocycles. The lowest BCUT2D eigenvalue weighted by Gasteiger charge is -2.03. The van der Waals surface area contributed by atoms with E-state index in [0.717, 1.165) is 6.07 Å². The zero-order valence-corrected chi connectivity index (χ0v) is 7.21. The van der Waals surface area contributed by atoms with Crippen LogP contribution in [0.2, 0.25) is 0 Å². The molecule has 0 saturated carbocycles. The molecule has 0 atom stereocenters. The van der Waals surface area contributed by atoms with Gasteiger partial charge in [0.1, 0.15) is 0 Å². The second kappa shape index (κ2) is 3.43. The van der Waals surface area contributed by atoms with Crippen LogP contribution in [0.3, 0.4) is 0 Å². The third-order valence-corrected chi connectivity index (χ3v) is 2.11. The summed E-state index contributed by atoms with van der Waals surface area (Å²) in [4.78, 5) is 0. The highest BCUT2D eigenvalue weighted by molar-refractivity contribution is 9.10. The van der Waals surface area contributed by atoms with E-state index < -0.39 is 28.1 Å². The predicted molar refractivity (Wildman–Crippen MR) is 39.0 cm³/mol. The Morgan fingerprint density at radius 3 is 2.25 bits per heavy atom. The maximum atomic E-state index is 12.6. The summed E-state index contributed by atoms with van der Waals surface area (Å²) in [5.41, 5.74) is -0.547. The Balaban J connectivity index is 3.27. The minimum absolute atomic E-state index is 0.516. The van der Waals surface area contributed by atoms with Gasteiger partial charge in [-0.2, -0.15) is 0 Å². The molecule has 0 nitrogen and oxygen atoms in total. The lowest BCUT2D eigenvalue weighted by molar-refractivity contribution is 0.149. The molecule has 1 aromatic carbocycles. The number of alkyl halides is 2. The average molecular weight is 243 g/mol. The molecule has 0 heterocycles. The molecule has 0 saturated heterocycles. The van der Waals surface area contributed by atoms with Gasteiger partial charge in [0.25, 0.3) is 6.43 Å². The molecular formula is C7H3BrF4. The predicted octanol–water partition coefficient (Wildman–Crippen LogP) is 3.66. The maximum Gasteiger partial charge on any atom is 0.265 e. The smallest absolute Gasteiger partial charge is 0.205 e. The second-order valence-electron chi connectivity index (χ2n) is 2.07. The Morgan fingerprint density at radius 2 is 1.75 bits per heavy atom. The van der Waals surface area contributed by atoms with Crippen LogP contribution in [0.25, 0.3) is 0 Å². The fourth-order valence-electron chi connectivity index (χ4n) is 0.709. The minimum Gasteiger partial charge on any atom is -0.205 e.